The second-order valence-electron chi connectivity index (χ2n) is 9.87. The number of aromatic hydroxyl groups is 1. The highest BCUT2D eigenvalue weighted by molar-refractivity contribution is 5.86. The number of hydrogen-bond acceptors (Lipinski definition) is 6. The third kappa shape index (κ3) is 8.27. The SMILES string of the molecule is CNC.Cc1c(OCC2CC2)ccc2c(CCC3CCN(Cc4ccc(O)cc4)CC3)noc12.Cl.Cl. The summed E-state index contributed by atoms with van der Waals surface area (Å²) in [6, 6.07) is 11.8. The second kappa shape index (κ2) is 14.7. The lowest BCUT2D eigenvalue weighted by Gasteiger charge is -2.32. The average molecular weight is 539 g/mol. The highest BCUT2D eigenvalue weighted by Crippen LogP contribution is 2.34. The van der Waals surface area contributed by atoms with Gasteiger partial charge in [-0.05, 0) is 114 Å². The van der Waals surface area contributed by atoms with Gasteiger partial charge in [-0.2, -0.15) is 0 Å². The molecule has 0 spiro atoms. The van der Waals surface area contributed by atoms with Crippen molar-refractivity contribution in [3.05, 3.63) is 53.2 Å². The molecule has 1 aromatic heterocycles. The van der Waals surface area contributed by atoms with Crippen LogP contribution in [0.25, 0.3) is 11.0 Å². The zero-order valence-electron chi connectivity index (χ0n) is 21.7. The summed E-state index contributed by atoms with van der Waals surface area (Å²) in [4.78, 5) is 2.51. The van der Waals surface area contributed by atoms with Gasteiger partial charge in [0.2, 0.25) is 0 Å². The van der Waals surface area contributed by atoms with Gasteiger partial charge in [-0.25, -0.2) is 0 Å². The number of hydrogen-bond donors (Lipinski definition) is 2. The molecular weight excluding hydrogens is 497 g/mol. The molecule has 5 rings (SSSR count). The lowest BCUT2D eigenvalue weighted by molar-refractivity contribution is 0.172. The Labute approximate surface area is 227 Å². The van der Waals surface area contributed by atoms with Crippen LogP contribution >= 0.6 is 24.8 Å². The van der Waals surface area contributed by atoms with Crippen LogP contribution in [0.1, 0.15) is 48.9 Å². The molecule has 2 aromatic carbocycles. The van der Waals surface area contributed by atoms with Gasteiger partial charge in [-0.3, -0.25) is 4.90 Å². The molecule has 3 aromatic rings. The Morgan fingerprint density at radius 1 is 1.00 bits per heavy atom. The molecule has 1 aliphatic heterocycles. The van der Waals surface area contributed by atoms with Gasteiger partial charge in [0.15, 0.2) is 5.58 Å². The van der Waals surface area contributed by atoms with Crippen LogP contribution in [0.2, 0.25) is 0 Å². The van der Waals surface area contributed by atoms with Gasteiger partial charge in [0.25, 0.3) is 0 Å². The maximum atomic E-state index is 9.44. The van der Waals surface area contributed by atoms with Crippen LogP contribution < -0.4 is 10.1 Å². The molecule has 0 amide bonds. The smallest absolute Gasteiger partial charge is 0.173 e. The Morgan fingerprint density at radius 3 is 2.31 bits per heavy atom. The predicted octanol–water partition coefficient (Wildman–Crippen LogP) is 6.15. The van der Waals surface area contributed by atoms with Crippen LogP contribution in [0, 0.1) is 18.8 Å². The number of likely N-dealkylation sites (tertiary alicyclic amines) is 1. The van der Waals surface area contributed by atoms with Gasteiger partial charge in [-0.1, -0.05) is 17.3 Å². The molecule has 2 aliphatic rings. The van der Waals surface area contributed by atoms with E-state index in [1.165, 1.54) is 31.2 Å². The maximum absolute atomic E-state index is 9.44. The highest BCUT2D eigenvalue weighted by atomic mass is 35.5. The molecule has 1 aliphatic carbocycles. The minimum Gasteiger partial charge on any atom is -0.508 e. The molecule has 36 heavy (non-hydrogen) atoms. The number of rotatable bonds is 8. The summed E-state index contributed by atoms with van der Waals surface area (Å²) in [5.41, 5.74) is 4.30. The van der Waals surface area contributed by atoms with Crippen molar-refractivity contribution in [2.75, 3.05) is 33.8 Å². The summed E-state index contributed by atoms with van der Waals surface area (Å²) in [6.45, 7) is 6.12. The number of piperidine rings is 1. The summed E-state index contributed by atoms with van der Waals surface area (Å²) >= 11 is 0. The van der Waals surface area contributed by atoms with E-state index in [9.17, 15) is 5.11 Å². The molecule has 0 radical (unpaired) electrons. The van der Waals surface area contributed by atoms with Gasteiger partial charge >= 0.3 is 0 Å². The number of phenols is 1. The molecule has 1 saturated carbocycles. The second-order valence-corrected chi connectivity index (χ2v) is 9.87. The summed E-state index contributed by atoms with van der Waals surface area (Å²) in [5, 5.41) is 17.7. The first-order valence-electron chi connectivity index (χ1n) is 12.7. The molecule has 2 heterocycles. The number of nitrogens with zero attached hydrogens (tertiary/aromatic N) is 2. The first-order chi connectivity index (χ1) is 16.6. The number of aryl methyl sites for hydroxylation is 2. The van der Waals surface area contributed by atoms with Crippen LogP contribution in [0.5, 0.6) is 11.5 Å². The predicted molar refractivity (Wildman–Crippen MR) is 151 cm³/mol. The molecule has 1 saturated heterocycles. The molecule has 6 nitrogen and oxygen atoms in total. The van der Waals surface area contributed by atoms with Gasteiger partial charge < -0.3 is 19.7 Å². The van der Waals surface area contributed by atoms with Gasteiger partial charge in [0.1, 0.15) is 11.5 Å². The van der Waals surface area contributed by atoms with E-state index < -0.39 is 0 Å². The van der Waals surface area contributed by atoms with Crippen LogP contribution in [-0.4, -0.2) is 49.0 Å². The Kier molecular flexibility index (Phi) is 12.3. The average Bonchev–Trinajstić information content (AvgIpc) is 3.58. The van der Waals surface area contributed by atoms with Crippen LogP contribution in [0.15, 0.2) is 40.9 Å². The van der Waals surface area contributed by atoms with Crippen molar-refractivity contribution in [2.45, 2.75) is 52.0 Å². The van der Waals surface area contributed by atoms with E-state index in [2.05, 4.69) is 34.4 Å². The highest BCUT2D eigenvalue weighted by Gasteiger charge is 2.23. The van der Waals surface area contributed by atoms with Crippen LogP contribution in [0.4, 0.5) is 0 Å². The lowest BCUT2D eigenvalue weighted by Crippen LogP contribution is -2.33. The molecule has 0 unspecified atom stereocenters. The molecule has 0 bridgehead atoms. The number of aromatic nitrogens is 1. The number of halogens is 2. The first kappa shape index (κ1) is 30.2. The van der Waals surface area contributed by atoms with Crippen molar-refractivity contribution in [3.63, 3.8) is 0 Å². The lowest BCUT2D eigenvalue weighted by atomic mass is 9.91. The van der Waals surface area contributed by atoms with Gasteiger partial charge in [-0.15, -0.1) is 24.8 Å². The fourth-order valence-corrected chi connectivity index (χ4v) is 4.63. The van der Waals surface area contributed by atoms with E-state index >= 15 is 0 Å². The largest absolute Gasteiger partial charge is 0.508 e. The Morgan fingerprint density at radius 2 is 1.67 bits per heavy atom. The maximum Gasteiger partial charge on any atom is 0.173 e. The van der Waals surface area contributed by atoms with E-state index in [1.54, 1.807) is 12.1 Å². The topological polar surface area (TPSA) is 70.8 Å². The molecule has 8 heteroatoms. The van der Waals surface area contributed by atoms with E-state index in [0.29, 0.717) is 5.75 Å². The molecule has 2 N–H and O–H groups in total. The van der Waals surface area contributed by atoms with E-state index in [4.69, 9.17) is 9.26 Å². The molecule has 200 valence electrons. The Bertz CT molecular complexity index is 1050. The van der Waals surface area contributed by atoms with E-state index in [1.807, 2.05) is 26.2 Å². The number of benzene rings is 2. The minimum absolute atomic E-state index is 0. The standard InChI is InChI=1S/C26H32N2O3.C2H7N.2ClH/c1-18-25(30-17-21-2-3-21)11-9-23-24(27-31-26(18)23)10-6-19-12-14-28(15-13-19)16-20-4-7-22(29)8-5-20;1-3-2;;/h4-5,7-9,11,19,21,29H,2-3,6,10,12-17H2,1H3;3H,1-2H3;2*1H. The van der Waals surface area contributed by atoms with Crippen molar-refractivity contribution in [1.29, 1.82) is 0 Å². The van der Waals surface area contributed by atoms with Crippen LogP contribution in [0.3, 0.4) is 0 Å². The Hall–Kier alpha value is -1.99. The summed E-state index contributed by atoms with van der Waals surface area (Å²) in [6.07, 6.45) is 7.18. The monoisotopic (exact) mass is 537 g/mol. The number of ether oxygens (including phenoxy) is 1. The van der Waals surface area contributed by atoms with Crippen LogP contribution in [-0.2, 0) is 13.0 Å². The van der Waals surface area contributed by atoms with Gasteiger partial charge in [0.05, 0.1) is 12.3 Å². The van der Waals surface area contributed by atoms with Crippen molar-refractivity contribution in [1.82, 2.24) is 15.4 Å². The van der Waals surface area contributed by atoms with Crippen molar-refractivity contribution >= 4 is 35.8 Å². The fraction of sp³-hybridized carbons (Fsp3) is 0.536. The first-order valence-corrected chi connectivity index (χ1v) is 12.7. The summed E-state index contributed by atoms with van der Waals surface area (Å²) in [5.74, 6) is 2.75. The molecule has 2 fully saturated rings. The third-order valence-electron chi connectivity index (χ3n) is 6.92. The zero-order chi connectivity index (χ0) is 23.9. The summed E-state index contributed by atoms with van der Waals surface area (Å²) < 4.78 is 11.7. The normalized spacial score (nSPS) is 16.0. The third-order valence-corrected chi connectivity index (χ3v) is 6.92. The van der Waals surface area contributed by atoms with E-state index in [-0.39, 0.29) is 24.8 Å². The van der Waals surface area contributed by atoms with Crippen molar-refractivity contribution in [2.24, 2.45) is 11.8 Å². The van der Waals surface area contributed by atoms with Gasteiger partial charge in [0, 0.05) is 17.5 Å². The summed E-state index contributed by atoms with van der Waals surface area (Å²) in [7, 11) is 3.75. The minimum atomic E-state index is 0. The number of phenolic OH excluding ortho intramolecular Hbond substituents is 1. The fourth-order valence-electron chi connectivity index (χ4n) is 4.63. The number of fused-ring (bicyclic) bond motifs is 1. The van der Waals surface area contributed by atoms with E-state index in [0.717, 1.165) is 78.9 Å². The molecular formula is C28H41Cl2N3O3. The number of nitrogens with one attached hydrogen (secondary N) is 1. The zero-order valence-corrected chi connectivity index (χ0v) is 23.3. The van der Waals surface area contributed by atoms with Crippen molar-refractivity contribution < 1.29 is 14.4 Å². The quantitative estimate of drug-likeness (QED) is 0.358. The molecule has 0 atom stereocenters. The Balaban J connectivity index is 0.000000871. The van der Waals surface area contributed by atoms with Crippen molar-refractivity contribution in [3.8, 4) is 11.5 Å².